The molecule has 2 aliphatic rings. The topological polar surface area (TPSA) is 70.8 Å². The molecule has 26 heavy (non-hydrogen) atoms. The van der Waals surface area contributed by atoms with Gasteiger partial charge in [0.15, 0.2) is 5.69 Å². The molecule has 0 unspecified atom stereocenters. The van der Waals surface area contributed by atoms with Crippen molar-refractivity contribution in [3.63, 3.8) is 0 Å². The van der Waals surface area contributed by atoms with Crippen LogP contribution < -0.4 is 0 Å². The number of hydrogen-bond acceptors (Lipinski definition) is 5. The molecule has 1 atom stereocenters. The lowest BCUT2D eigenvalue weighted by atomic mass is 9.69. The average molecular weight is 372 g/mol. The number of aliphatic hydroxyl groups is 1. The summed E-state index contributed by atoms with van der Waals surface area (Å²) in [5.41, 5.74) is -1.46. The van der Waals surface area contributed by atoms with Crippen LogP contribution in [0.25, 0.3) is 0 Å². The Morgan fingerprint density at radius 2 is 2.04 bits per heavy atom. The maximum Gasteiger partial charge on any atom is 0.333 e. The number of likely N-dealkylation sites (tertiary alicyclic amines) is 1. The highest BCUT2D eigenvalue weighted by atomic mass is 19.3. The van der Waals surface area contributed by atoms with Crippen LogP contribution in [0, 0.1) is 5.41 Å². The number of piperidine rings is 1. The van der Waals surface area contributed by atoms with E-state index in [1.165, 1.54) is 6.07 Å². The van der Waals surface area contributed by atoms with E-state index in [1.807, 2.05) is 13.8 Å². The predicted octanol–water partition coefficient (Wildman–Crippen LogP) is 1.21. The van der Waals surface area contributed by atoms with Crippen molar-refractivity contribution in [1.82, 2.24) is 19.6 Å². The fourth-order valence-electron chi connectivity index (χ4n) is 3.68. The molecule has 0 spiro atoms. The highest BCUT2D eigenvalue weighted by Crippen LogP contribution is 2.39. The third-order valence-electron chi connectivity index (χ3n) is 5.54. The van der Waals surface area contributed by atoms with Crippen LogP contribution in [-0.4, -0.2) is 82.1 Å². The quantitative estimate of drug-likeness (QED) is 0.860. The van der Waals surface area contributed by atoms with Gasteiger partial charge in [0, 0.05) is 44.3 Å². The number of carbonyl (C=O) groups excluding carboxylic acids is 1. The predicted molar refractivity (Wildman–Crippen MR) is 90.0 cm³/mol. The van der Waals surface area contributed by atoms with Gasteiger partial charge < -0.3 is 14.7 Å². The maximum atomic E-state index is 12.7. The van der Waals surface area contributed by atoms with Crippen molar-refractivity contribution < 1.29 is 23.4 Å². The lowest BCUT2D eigenvalue weighted by molar-refractivity contribution is -0.133. The molecule has 9 heteroatoms. The number of nitrogens with zero attached hydrogens (tertiary/aromatic N) is 4. The lowest BCUT2D eigenvalue weighted by Crippen LogP contribution is -2.63. The Hall–Kier alpha value is -1.58. The summed E-state index contributed by atoms with van der Waals surface area (Å²) >= 11 is 0. The van der Waals surface area contributed by atoms with Crippen molar-refractivity contribution >= 4 is 5.91 Å². The van der Waals surface area contributed by atoms with Crippen LogP contribution in [0.3, 0.4) is 0 Å². The third-order valence-corrected chi connectivity index (χ3v) is 5.54. The van der Waals surface area contributed by atoms with Gasteiger partial charge in [0.05, 0.1) is 18.8 Å². The second kappa shape index (κ2) is 7.21. The Morgan fingerprint density at radius 3 is 2.62 bits per heavy atom. The lowest BCUT2D eigenvalue weighted by Gasteiger charge is -2.52. The minimum Gasteiger partial charge on any atom is -0.388 e. The molecule has 0 aromatic carbocycles. The van der Waals surface area contributed by atoms with Crippen molar-refractivity contribution in [3.05, 3.63) is 18.0 Å². The van der Waals surface area contributed by atoms with Crippen LogP contribution in [0.2, 0.25) is 0 Å². The third kappa shape index (κ3) is 3.74. The Bertz CT molecular complexity index is 646. The summed E-state index contributed by atoms with van der Waals surface area (Å²) in [5, 5.41) is 14.9. The largest absolute Gasteiger partial charge is 0.388 e. The van der Waals surface area contributed by atoms with E-state index >= 15 is 0 Å². The molecule has 2 saturated heterocycles. The van der Waals surface area contributed by atoms with E-state index in [2.05, 4.69) is 10.00 Å². The van der Waals surface area contributed by atoms with E-state index in [0.29, 0.717) is 44.0 Å². The number of ether oxygens (including phenoxy) is 1. The van der Waals surface area contributed by atoms with E-state index in [1.54, 1.807) is 4.90 Å². The Morgan fingerprint density at radius 1 is 1.35 bits per heavy atom. The number of morpholine rings is 1. The summed E-state index contributed by atoms with van der Waals surface area (Å²) in [5.74, 6) is -0.383. The van der Waals surface area contributed by atoms with Crippen molar-refractivity contribution in [2.24, 2.45) is 5.41 Å². The van der Waals surface area contributed by atoms with Crippen LogP contribution >= 0.6 is 0 Å². The number of amides is 1. The molecule has 2 fully saturated rings. The van der Waals surface area contributed by atoms with Crippen molar-refractivity contribution in [2.45, 2.75) is 32.4 Å². The van der Waals surface area contributed by atoms with E-state index in [0.717, 1.165) is 19.3 Å². The number of carbonyl (C=O) groups is 1. The number of alkyl halides is 2. The van der Waals surface area contributed by atoms with Crippen LogP contribution in [0.5, 0.6) is 0 Å². The number of β-amino-alcohol motifs (C(OH)–C–C–N with tert-alkyl or cyclic N) is 1. The van der Waals surface area contributed by atoms with Gasteiger partial charge >= 0.3 is 6.55 Å². The first-order valence-electron chi connectivity index (χ1n) is 8.87. The Balaban J connectivity index is 1.67. The van der Waals surface area contributed by atoms with Crippen LogP contribution in [0.1, 0.15) is 37.3 Å². The van der Waals surface area contributed by atoms with Gasteiger partial charge in [-0.2, -0.15) is 13.9 Å². The molecule has 0 bridgehead atoms. The number of halogens is 2. The molecular formula is C17H26F2N4O3. The van der Waals surface area contributed by atoms with Crippen LogP contribution in [0.4, 0.5) is 8.78 Å². The minimum absolute atomic E-state index is 0.000260. The van der Waals surface area contributed by atoms with Gasteiger partial charge in [-0.15, -0.1) is 0 Å². The summed E-state index contributed by atoms with van der Waals surface area (Å²) < 4.78 is 31.1. The van der Waals surface area contributed by atoms with E-state index in [4.69, 9.17) is 4.74 Å². The van der Waals surface area contributed by atoms with Crippen LogP contribution in [0.15, 0.2) is 12.3 Å². The smallest absolute Gasteiger partial charge is 0.333 e. The van der Waals surface area contributed by atoms with Crippen LogP contribution in [-0.2, 0) is 4.74 Å². The maximum absolute atomic E-state index is 12.7. The summed E-state index contributed by atoms with van der Waals surface area (Å²) in [7, 11) is 0. The standard InChI is InChI=1S/C17H26F2N4O3/c1-16(2)11-22(14(24)13-3-5-23(20-13)15(18)19)6-4-17(16,25)12-21-7-9-26-10-8-21/h3,5,15,25H,4,6-12H2,1-2H3/t17-/m1/s1. The first-order chi connectivity index (χ1) is 12.2. The highest BCUT2D eigenvalue weighted by molar-refractivity contribution is 5.92. The molecule has 1 amide bonds. The van der Waals surface area contributed by atoms with Crippen molar-refractivity contribution in [1.29, 1.82) is 0 Å². The van der Waals surface area contributed by atoms with Crippen molar-refractivity contribution in [3.8, 4) is 0 Å². The van der Waals surface area contributed by atoms with Gasteiger partial charge in [0.1, 0.15) is 0 Å². The molecule has 2 aliphatic heterocycles. The van der Waals surface area contributed by atoms with Gasteiger partial charge in [0.2, 0.25) is 0 Å². The summed E-state index contributed by atoms with van der Waals surface area (Å²) in [4.78, 5) is 16.4. The molecule has 3 rings (SSSR count). The first kappa shape index (κ1) is 19.2. The summed E-state index contributed by atoms with van der Waals surface area (Å²) in [6.07, 6.45) is 1.53. The molecule has 146 valence electrons. The average Bonchev–Trinajstić information content (AvgIpc) is 3.08. The molecule has 7 nitrogen and oxygen atoms in total. The number of hydrogen-bond donors (Lipinski definition) is 1. The molecule has 0 aliphatic carbocycles. The van der Waals surface area contributed by atoms with Gasteiger partial charge in [-0.05, 0) is 12.5 Å². The normalized spacial score (nSPS) is 27.1. The fourth-order valence-corrected chi connectivity index (χ4v) is 3.68. The second-order valence-corrected chi connectivity index (χ2v) is 7.74. The van der Waals surface area contributed by atoms with Gasteiger partial charge in [-0.3, -0.25) is 9.69 Å². The molecule has 3 heterocycles. The summed E-state index contributed by atoms with van der Waals surface area (Å²) in [6.45, 7) is 5.23. The number of aromatic nitrogens is 2. The summed E-state index contributed by atoms with van der Waals surface area (Å²) in [6, 6.07) is 1.30. The Kier molecular flexibility index (Phi) is 5.32. The SMILES string of the molecule is CC1(C)CN(C(=O)c2ccn(C(F)F)n2)CC[C@@]1(O)CN1CCOCC1. The fraction of sp³-hybridized carbons (Fsp3) is 0.765. The zero-order valence-corrected chi connectivity index (χ0v) is 15.2. The number of rotatable bonds is 4. The zero-order valence-electron chi connectivity index (χ0n) is 15.2. The van der Waals surface area contributed by atoms with E-state index < -0.39 is 17.6 Å². The highest BCUT2D eigenvalue weighted by Gasteiger charge is 2.49. The molecule has 1 N–H and O–H groups in total. The minimum atomic E-state index is -2.77. The molecule has 1 aromatic rings. The molecule has 0 saturated carbocycles. The van der Waals surface area contributed by atoms with E-state index in [-0.39, 0.29) is 11.6 Å². The monoisotopic (exact) mass is 372 g/mol. The Labute approximate surface area is 151 Å². The molecule has 1 aromatic heterocycles. The van der Waals surface area contributed by atoms with Gasteiger partial charge in [-0.25, -0.2) is 4.68 Å². The molecule has 0 radical (unpaired) electrons. The van der Waals surface area contributed by atoms with Gasteiger partial charge in [-0.1, -0.05) is 13.8 Å². The van der Waals surface area contributed by atoms with Gasteiger partial charge in [0.25, 0.3) is 5.91 Å². The second-order valence-electron chi connectivity index (χ2n) is 7.74. The zero-order chi connectivity index (χ0) is 18.9. The first-order valence-corrected chi connectivity index (χ1v) is 8.87. The van der Waals surface area contributed by atoms with Crippen molar-refractivity contribution in [2.75, 3.05) is 45.9 Å². The van der Waals surface area contributed by atoms with E-state index in [9.17, 15) is 18.7 Å². The molecular weight excluding hydrogens is 346 g/mol.